The molecule has 0 amide bonds. The van der Waals surface area contributed by atoms with Crippen LogP contribution < -0.4 is 4.90 Å². The van der Waals surface area contributed by atoms with Crippen molar-refractivity contribution < 1.29 is 14.8 Å². The number of nitrogens with zero attached hydrogens (tertiary/aromatic N) is 2. The Kier molecular flexibility index (Phi) is 5.82. The van der Waals surface area contributed by atoms with E-state index in [9.17, 15) is 14.9 Å². The number of nitro groups is 1. The van der Waals surface area contributed by atoms with E-state index in [1.807, 2.05) is 25.1 Å². The topological polar surface area (TPSA) is 83.7 Å². The first-order chi connectivity index (χ1) is 9.38. The minimum Gasteiger partial charge on any atom is -0.477 e. The molecule has 0 aromatic heterocycles. The minimum atomic E-state index is -1.29. The van der Waals surface area contributed by atoms with Crippen molar-refractivity contribution in [3.8, 4) is 0 Å². The summed E-state index contributed by atoms with van der Waals surface area (Å²) in [7, 11) is 1.86. The maximum Gasteiger partial charge on any atom is 0.342 e. The maximum atomic E-state index is 11.1. The Hall–Kier alpha value is -1.76. The highest BCUT2D eigenvalue weighted by Crippen LogP contribution is 2.26. The first-order valence-electron chi connectivity index (χ1n) is 6.12. The van der Waals surface area contributed by atoms with Crippen LogP contribution in [0.4, 0.5) is 11.4 Å². The Morgan fingerprint density at radius 3 is 2.70 bits per heavy atom. The van der Waals surface area contributed by atoms with E-state index < -0.39 is 10.9 Å². The Morgan fingerprint density at radius 1 is 1.55 bits per heavy atom. The van der Waals surface area contributed by atoms with Crippen molar-refractivity contribution >= 4 is 29.1 Å². The van der Waals surface area contributed by atoms with Gasteiger partial charge in [-0.1, -0.05) is 0 Å². The number of thioether (sulfide) groups is 1. The van der Waals surface area contributed by atoms with E-state index in [2.05, 4.69) is 0 Å². The van der Waals surface area contributed by atoms with Crippen LogP contribution in [-0.4, -0.2) is 41.1 Å². The zero-order valence-electron chi connectivity index (χ0n) is 11.7. The molecule has 0 aliphatic carbocycles. The second kappa shape index (κ2) is 7.14. The Labute approximate surface area is 121 Å². The molecule has 0 fully saturated rings. The summed E-state index contributed by atoms with van der Waals surface area (Å²) in [6.45, 7) is 2.04. The van der Waals surface area contributed by atoms with Gasteiger partial charge in [-0.25, -0.2) is 4.79 Å². The fourth-order valence-electron chi connectivity index (χ4n) is 1.81. The third-order valence-corrected chi connectivity index (χ3v) is 3.86. The predicted molar refractivity (Wildman–Crippen MR) is 80.9 cm³/mol. The number of carbonyl (C=O) groups is 1. The quantitative estimate of drug-likeness (QED) is 0.615. The van der Waals surface area contributed by atoms with Crippen molar-refractivity contribution in [2.24, 2.45) is 0 Å². The van der Waals surface area contributed by atoms with Gasteiger partial charge in [0.05, 0.1) is 4.92 Å². The molecule has 7 heteroatoms. The van der Waals surface area contributed by atoms with Crippen LogP contribution in [0, 0.1) is 10.1 Å². The molecule has 1 aromatic carbocycles. The smallest absolute Gasteiger partial charge is 0.342 e. The van der Waals surface area contributed by atoms with Crippen molar-refractivity contribution in [1.29, 1.82) is 0 Å². The third kappa shape index (κ3) is 3.86. The molecule has 0 radical (unpaired) electrons. The number of carboxylic acid groups (broad SMARTS) is 1. The molecule has 6 nitrogen and oxygen atoms in total. The summed E-state index contributed by atoms with van der Waals surface area (Å²) in [6, 6.07) is 4.41. The van der Waals surface area contributed by atoms with Crippen LogP contribution in [0.2, 0.25) is 0 Å². The lowest BCUT2D eigenvalue weighted by Crippen LogP contribution is -2.29. The monoisotopic (exact) mass is 298 g/mol. The number of hydrogen-bond acceptors (Lipinski definition) is 5. The van der Waals surface area contributed by atoms with Gasteiger partial charge in [0, 0.05) is 24.8 Å². The van der Waals surface area contributed by atoms with Crippen LogP contribution in [0.15, 0.2) is 18.2 Å². The summed E-state index contributed by atoms with van der Waals surface area (Å²) >= 11 is 1.75. The first kappa shape index (κ1) is 16.3. The molecule has 0 aliphatic rings. The maximum absolute atomic E-state index is 11.1. The summed E-state index contributed by atoms with van der Waals surface area (Å²) in [5.74, 6) is -0.284. The first-order valence-corrected chi connectivity index (χ1v) is 7.51. The van der Waals surface area contributed by atoms with Gasteiger partial charge in [0.1, 0.15) is 5.56 Å². The van der Waals surface area contributed by atoms with Crippen molar-refractivity contribution in [3.05, 3.63) is 33.9 Å². The predicted octanol–water partition coefficient (Wildman–Crippen LogP) is 2.87. The lowest BCUT2D eigenvalue weighted by atomic mass is 10.1. The van der Waals surface area contributed by atoms with Crippen molar-refractivity contribution in [3.63, 3.8) is 0 Å². The van der Waals surface area contributed by atoms with Gasteiger partial charge in [0.2, 0.25) is 0 Å². The van der Waals surface area contributed by atoms with Crippen LogP contribution in [-0.2, 0) is 0 Å². The molecule has 0 saturated carbocycles. The van der Waals surface area contributed by atoms with Crippen LogP contribution in [0.5, 0.6) is 0 Å². The Bertz CT molecular complexity index is 507. The summed E-state index contributed by atoms with van der Waals surface area (Å²) < 4.78 is 0. The summed E-state index contributed by atoms with van der Waals surface area (Å²) in [6.07, 6.45) is 2.98. The van der Waals surface area contributed by atoms with Gasteiger partial charge in [0.15, 0.2) is 0 Å². The summed E-state index contributed by atoms with van der Waals surface area (Å²) in [4.78, 5) is 23.2. The van der Waals surface area contributed by atoms with Gasteiger partial charge in [-0.15, -0.1) is 0 Å². The number of carboxylic acids is 1. The number of hydrogen-bond donors (Lipinski definition) is 1. The van der Waals surface area contributed by atoms with Gasteiger partial charge < -0.3 is 10.0 Å². The normalized spacial score (nSPS) is 11.9. The second-order valence-corrected chi connectivity index (χ2v) is 5.49. The molecule has 0 bridgehead atoms. The van der Waals surface area contributed by atoms with Crippen molar-refractivity contribution in [2.45, 2.75) is 19.4 Å². The molecule has 1 rings (SSSR count). The number of anilines is 1. The van der Waals surface area contributed by atoms with E-state index in [0.717, 1.165) is 12.2 Å². The highest BCUT2D eigenvalue weighted by atomic mass is 32.2. The van der Waals surface area contributed by atoms with Crippen LogP contribution >= 0.6 is 11.8 Å². The lowest BCUT2D eigenvalue weighted by molar-refractivity contribution is -0.385. The van der Waals surface area contributed by atoms with Gasteiger partial charge in [-0.2, -0.15) is 11.8 Å². The van der Waals surface area contributed by atoms with Crippen LogP contribution in [0.25, 0.3) is 0 Å². The summed E-state index contributed by atoms with van der Waals surface area (Å²) in [5.41, 5.74) is 0.00411. The van der Waals surface area contributed by atoms with E-state index in [4.69, 9.17) is 5.11 Å². The SMILES string of the molecule is CSCCC(C)N(C)c1ccc([N+](=O)[O-])c(C(=O)O)c1. The van der Waals surface area contributed by atoms with Crippen molar-refractivity contribution in [1.82, 2.24) is 0 Å². The number of benzene rings is 1. The van der Waals surface area contributed by atoms with Gasteiger partial charge in [-0.3, -0.25) is 10.1 Å². The van der Waals surface area contributed by atoms with E-state index >= 15 is 0 Å². The van der Waals surface area contributed by atoms with Crippen LogP contribution in [0.1, 0.15) is 23.7 Å². The molecular formula is C13H18N2O4S. The van der Waals surface area contributed by atoms with E-state index in [1.54, 1.807) is 17.8 Å². The number of nitro benzene ring substituents is 1. The highest BCUT2D eigenvalue weighted by Gasteiger charge is 2.21. The fourth-order valence-corrected chi connectivity index (χ4v) is 2.39. The molecule has 1 atom stereocenters. The zero-order valence-corrected chi connectivity index (χ0v) is 12.5. The zero-order chi connectivity index (χ0) is 15.3. The van der Waals surface area contributed by atoms with Crippen molar-refractivity contribution in [2.75, 3.05) is 24.0 Å². The van der Waals surface area contributed by atoms with Gasteiger partial charge in [0.25, 0.3) is 5.69 Å². The Morgan fingerprint density at radius 2 is 2.20 bits per heavy atom. The molecular weight excluding hydrogens is 280 g/mol. The average Bonchev–Trinajstić information content (AvgIpc) is 2.42. The van der Waals surface area contributed by atoms with E-state index in [1.165, 1.54) is 12.1 Å². The fraction of sp³-hybridized carbons (Fsp3) is 0.462. The lowest BCUT2D eigenvalue weighted by Gasteiger charge is -2.27. The molecule has 1 aromatic rings. The largest absolute Gasteiger partial charge is 0.477 e. The average molecular weight is 298 g/mol. The standard InChI is InChI=1S/C13H18N2O4S/c1-9(6-7-20-3)14(2)10-4-5-12(15(18)19)11(8-10)13(16)17/h4-5,8-9H,6-7H2,1-3H3,(H,16,17). The third-order valence-electron chi connectivity index (χ3n) is 3.22. The summed E-state index contributed by atoms with van der Waals surface area (Å²) in [5, 5.41) is 19.9. The second-order valence-electron chi connectivity index (χ2n) is 4.51. The molecule has 1 unspecified atom stereocenters. The van der Waals surface area contributed by atoms with Gasteiger partial charge in [-0.05, 0) is 37.5 Å². The highest BCUT2D eigenvalue weighted by molar-refractivity contribution is 7.98. The molecule has 20 heavy (non-hydrogen) atoms. The molecule has 1 N–H and O–H groups in total. The Balaban J connectivity index is 3.05. The van der Waals surface area contributed by atoms with E-state index in [-0.39, 0.29) is 17.3 Å². The molecule has 0 saturated heterocycles. The van der Waals surface area contributed by atoms with Gasteiger partial charge >= 0.3 is 5.97 Å². The number of aromatic carboxylic acids is 1. The minimum absolute atomic E-state index is 0.227. The number of rotatable bonds is 7. The van der Waals surface area contributed by atoms with Crippen LogP contribution in [0.3, 0.4) is 0 Å². The molecule has 0 heterocycles. The molecule has 110 valence electrons. The molecule has 0 spiro atoms. The molecule has 0 aliphatic heterocycles. The van der Waals surface area contributed by atoms with E-state index in [0.29, 0.717) is 5.69 Å².